The summed E-state index contributed by atoms with van der Waals surface area (Å²) in [6.07, 6.45) is 4.61. The first kappa shape index (κ1) is 11.0. The first-order valence-corrected chi connectivity index (χ1v) is 6.96. The van der Waals surface area contributed by atoms with Gasteiger partial charge in [0.15, 0.2) is 0 Å². The summed E-state index contributed by atoms with van der Waals surface area (Å²) in [6.45, 7) is 2.16. The van der Waals surface area contributed by atoms with Gasteiger partial charge in [0.25, 0.3) is 0 Å². The van der Waals surface area contributed by atoms with Crippen LogP contribution < -0.4 is 0 Å². The van der Waals surface area contributed by atoms with Gasteiger partial charge in [0.2, 0.25) is 0 Å². The predicted octanol–water partition coefficient (Wildman–Crippen LogP) is 0.536. The van der Waals surface area contributed by atoms with E-state index in [2.05, 4.69) is 6.92 Å². The van der Waals surface area contributed by atoms with E-state index in [-0.39, 0.29) is 34.3 Å². The summed E-state index contributed by atoms with van der Waals surface area (Å²) >= 11 is -0.662. The first-order valence-electron chi connectivity index (χ1n) is 3.45. The molecule has 0 aromatic carbocycles. The van der Waals surface area contributed by atoms with Gasteiger partial charge in [0, 0.05) is 0 Å². The van der Waals surface area contributed by atoms with E-state index in [0.29, 0.717) is 0 Å². The Hall–Kier alpha value is 0.959. The molecule has 0 spiro atoms. The van der Waals surface area contributed by atoms with Crippen molar-refractivity contribution in [2.75, 3.05) is 0 Å². The van der Waals surface area contributed by atoms with Crippen LogP contribution in [0.2, 0.25) is 3.71 Å². The van der Waals surface area contributed by atoms with Crippen molar-refractivity contribution in [1.29, 1.82) is 0 Å². The van der Waals surface area contributed by atoms with Crippen LogP contribution in [0, 0.1) is 0 Å². The molecule has 0 bridgehead atoms. The van der Waals surface area contributed by atoms with Gasteiger partial charge in [0.05, 0.1) is 0 Å². The summed E-state index contributed by atoms with van der Waals surface area (Å²) in [6, 6.07) is 0. The van der Waals surface area contributed by atoms with Crippen molar-refractivity contribution in [2.24, 2.45) is 0 Å². The van der Waals surface area contributed by atoms with Gasteiger partial charge >= 0.3 is 75.3 Å². The summed E-state index contributed by atoms with van der Waals surface area (Å²) in [7, 11) is 0. The molecule has 0 aliphatic carbocycles. The Morgan fingerprint density at radius 1 is 1.20 bits per heavy atom. The van der Waals surface area contributed by atoms with Gasteiger partial charge in [-0.1, -0.05) is 0 Å². The number of hydrogen-bond donors (Lipinski definition) is 2. The fourth-order valence-corrected chi connectivity index (χ4v) is 2.33. The number of rotatable bonds is 6. The second-order valence-electron chi connectivity index (χ2n) is 2.14. The minimum absolute atomic E-state index is 0.242. The SMILES string of the molecule is CCCCCC([Se]O)[Se]O. The Balaban J connectivity index is 3.09. The van der Waals surface area contributed by atoms with E-state index in [1.165, 1.54) is 12.8 Å². The van der Waals surface area contributed by atoms with Crippen molar-refractivity contribution in [2.45, 2.75) is 36.3 Å². The third-order valence-corrected chi connectivity index (χ3v) is 5.13. The molecule has 0 heterocycles. The number of unbranched alkanes of at least 4 members (excludes halogenated alkanes) is 2. The summed E-state index contributed by atoms with van der Waals surface area (Å²) in [5.74, 6) is 0. The van der Waals surface area contributed by atoms with Crippen LogP contribution >= 0.6 is 0 Å². The van der Waals surface area contributed by atoms with Gasteiger partial charge in [0.1, 0.15) is 0 Å². The summed E-state index contributed by atoms with van der Waals surface area (Å²) in [4.78, 5) is 0. The Morgan fingerprint density at radius 3 is 2.20 bits per heavy atom. The molecule has 62 valence electrons. The van der Waals surface area contributed by atoms with Gasteiger partial charge in [-0.2, -0.15) is 0 Å². The molecule has 0 saturated heterocycles. The average Bonchev–Trinajstić information content (AvgIpc) is 1.99. The van der Waals surface area contributed by atoms with Crippen molar-refractivity contribution in [3.63, 3.8) is 0 Å². The zero-order valence-corrected chi connectivity index (χ0v) is 9.54. The van der Waals surface area contributed by atoms with Crippen LogP contribution in [0.4, 0.5) is 0 Å². The van der Waals surface area contributed by atoms with Crippen molar-refractivity contribution < 1.29 is 8.38 Å². The molecule has 2 nitrogen and oxygen atoms in total. The quantitative estimate of drug-likeness (QED) is 0.549. The fraction of sp³-hybridized carbons (Fsp3) is 1.00. The van der Waals surface area contributed by atoms with Gasteiger partial charge in [-0.25, -0.2) is 0 Å². The van der Waals surface area contributed by atoms with E-state index < -0.39 is 0 Å². The molecule has 0 radical (unpaired) electrons. The Kier molecular flexibility index (Phi) is 8.83. The molecule has 10 heavy (non-hydrogen) atoms. The third kappa shape index (κ3) is 5.72. The van der Waals surface area contributed by atoms with Gasteiger partial charge in [-0.05, 0) is 0 Å². The molecule has 0 saturated carbocycles. The molecule has 0 rings (SSSR count). The van der Waals surface area contributed by atoms with Crippen LogP contribution in [0.15, 0.2) is 0 Å². The molecular formula is C6H14O2Se2. The summed E-state index contributed by atoms with van der Waals surface area (Å²) < 4.78 is 17.7. The summed E-state index contributed by atoms with van der Waals surface area (Å²) in [5.41, 5.74) is 0. The molecular weight excluding hydrogens is 262 g/mol. The predicted molar refractivity (Wildman–Crippen MR) is 43.8 cm³/mol. The third-order valence-electron chi connectivity index (χ3n) is 1.28. The molecule has 4 heteroatoms. The van der Waals surface area contributed by atoms with E-state index in [1.54, 1.807) is 0 Å². The van der Waals surface area contributed by atoms with Crippen LogP contribution in [0.3, 0.4) is 0 Å². The van der Waals surface area contributed by atoms with Crippen LogP contribution in [0.5, 0.6) is 0 Å². The Bertz CT molecular complexity index is 66.8. The zero-order chi connectivity index (χ0) is 7.82. The summed E-state index contributed by atoms with van der Waals surface area (Å²) in [5, 5.41) is 0. The maximum atomic E-state index is 8.74. The van der Waals surface area contributed by atoms with Gasteiger partial charge in [-0.3, -0.25) is 0 Å². The van der Waals surface area contributed by atoms with Crippen molar-refractivity contribution in [1.82, 2.24) is 0 Å². The molecule has 0 amide bonds. The van der Waals surface area contributed by atoms with Crippen LogP contribution in [-0.4, -0.2) is 39.0 Å². The Labute approximate surface area is 75.4 Å². The van der Waals surface area contributed by atoms with E-state index >= 15 is 0 Å². The minimum atomic E-state index is -0.331. The van der Waals surface area contributed by atoms with Gasteiger partial charge < -0.3 is 0 Å². The van der Waals surface area contributed by atoms with Crippen molar-refractivity contribution in [3.05, 3.63) is 0 Å². The molecule has 0 aromatic rings. The van der Waals surface area contributed by atoms with Gasteiger partial charge in [-0.15, -0.1) is 0 Å². The van der Waals surface area contributed by atoms with Crippen LogP contribution in [0.1, 0.15) is 32.6 Å². The standard InChI is InChI=1S/C6H14O2Se2/c1-2-3-4-5-6(9-7)10-8/h6-8H,2-5H2,1H3. The average molecular weight is 276 g/mol. The van der Waals surface area contributed by atoms with Crippen LogP contribution in [-0.2, 0) is 0 Å². The zero-order valence-electron chi connectivity index (χ0n) is 6.12. The van der Waals surface area contributed by atoms with E-state index in [0.717, 1.165) is 12.8 Å². The maximum absolute atomic E-state index is 8.74. The first-order chi connectivity index (χ1) is 4.85. The van der Waals surface area contributed by atoms with E-state index in [1.807, 2.05) is 0 Å². The molecule has 0 aliphatic rings. The fourth-order valence-electron chi connectivity index (χ4n) is 0.686. The van der Waals surface area contributed by atoms with Crippen LogP contribution in [0.25, 0.3) is 0 Å². The second kappa shape index (κ2) is 8.06. The molecule has 2 N–H and O–H groups in total. The van der Waals surface area contributed by atoms with Crippen molar-refractivity contribution >= 4 is 30.6 Å². The molecule has 0 fully saturated rings. The van der Waals surface area contributed by atoms with E-state index in [9.17, 15) is 0 Å². The second-order valence-corrected chi connectivity index (χ2v) is 6.92. The van der Waals surface area contributed by atoms with E-state index in [4.69, 9.17) is 8.38 Å². The van der Waals surface area contributed by atoms with Crippen molar-refractivity contribution in [3.8, 4) is 0 Å². The molecule has 0 aliphatic heterocycles. The number of hydrogen-bond acceptors (Lipinski definition) is 2. The molecule has 0 unspecified atom stereocenters. The normalized spacial score (nSPS) is 10.8. The Morgan fingerprint density at radius 2 is 1.80 bits per heavy atom. The monoisotopic (exact) mass is 278 g/mol. The topological polar surface area (TPSA) is 40.5 Å². The molecule has 0 aromatic heterocycles. The molecule has 0 atom stereocenters.